The summed E-state index contributed by atoms with van der Waals surface area (Å²) >= 11 is 12.6. The molecule has 0 saturated heterocycles. The van der Waals surface area contributed by atoms with Crippen LogP contribution in [-0.4, -0.2) is 14.5 Å². The van der Waals surface area contributed by atoms with Gasteiger partial charge in [0.05, 0.1) is 16.1 Å². The molecule has 0 aliphatic carbocycles. The number of para-hydroxylation sites is 1. The summed E-state index contributed by atoms with van der Waals surface area (Å²) in [4.78, 5) is 9.08. The predicted octanol–water partition coefficient (Wildman–Crippen LogP) is 4.68. The van der Waals surface area contributed by atoms with Crippen LogP contribution in [0.15, 0.2) is 36.5 Å². The molecule has 3 nitrogen and oxygen atoms in total. The topological polar surface area (TPSA) is 30.7 Å². The van der Waals surface area contributed by atoms with Gasteiger partial charge in [-0.3, -0.25) is 4.57 Å². The highest BCUT2D eigenvalue weighted by Crippen LogP contribution is 2.30. The number of alkyl halides is 1. The van der Waals surface area contributed by atoms with E-state index in [1.807, 2.05) is 54.9 Å². The molecular formula is C15H13Cl2N3. The molecule has 1 unspecified atom stereocenters. The zero-order valence-electron chi connectivity index (χ0n) is 11.1. The lowest BCUT2D eigenvalue weighted by atomic mass is 10.3. The first-order valence-corrected chi connectivity index (χ1v) is 7.13. The van der Waals surface area contributed by atoms with Crippen LogP contribution < -0.4 is 0 Å². The first-order valence-electron chi connectivity index (χ1n) is 6.32. The summed E-state index contributed by atoms with van der Waals surface area (Å²) < 4.78 is 1.93. The van der Waals surface area contributed by atoms with Crippen LogP contribution in [0.2, 0.25) is 5.02 Å². The highest BCUT2D eigenvalue weighted by Gasteiger charge is 2.18. The second kappa shape index (κ2) is 5.08. The van der Waals surface area contributed by atoms with Gasteiger partial charge in [0.25, 0.3) is 0 Å². The number of halogens is 2. The Morgan fingerprint density at radius 2 is 2.00 bits per heavy atom. The van der Waals surface area contributed by atoms with Crippen molar-refractivity contribution >= 4 is 34.4 Å². The molecule has 0 N–H and O–H groups in total. The highest BCUT2D eigenvalue weighted by atomic mass is 35.5. The van der Waals surface area contributed by atoms with Gasteiger partial charge in [-0.2, -0.15) is 0 Å². The summed E-state index contributed by atoms with van der Waals surface area (Å²) in [5.41, 5.74) is 3.50. The molecule has 102 valence electrons. The number of rotatable bonds is 2. The van der Waals surface area contributed by atoms with Crippen LogP contribution in [0.1, 0.15) is 23.7 Å². The predicted molar refractivity (Wildman–Crippen MR) is 82.9 cm³/mol. The molecule has 5 heteroatoms. The second-order valence-corrected chi connectivity index (χ2v) is 5.79. The van der Waals surface area contributed by atoms with Gasteiger partial charge in [-0.25, -0.2) is 9.97 Å². The molecule has 1 atom stereocenters. The molecule has 2 aromatic heterocycles. The number of fused-ring (bicyclic) bond motifs is 1. The molecule has 0 bridgehead atoms. The summed E-state index contributed by atoms with van der Waals surface area (Å²) in [6.07, 6.45) is 1.82. The van der Waals surface area contributed by atoms with E-state index < -0.39 is 0 Å². The molecule has 0 aliphatic rings. The van der Waals surface area contributed by atoms with E-state index in [1.165, 1.54) is 0 Å². The number of aromatic nitrogens is 3. The Hall–Kier alpha value is -1.58. The molecule has 20 heavy (non-hydrogen) atoms. The molecule has 0 saturated carbocycles. The standard InChI is InChI=1S/C15H13Cl2N3/c1-9-7-12-15(18-8-9)20(14(19-12)10(2)16)13-6-4-3-5-11(13)17/h3-8,10H,1-2H3. The maximum absolute atomic E-state index is 6.30. The average Bonchev–Trinajstić information content (AvgIpc) is 2.78. The lowest BCUT2D eigenvalue weighted by molar-refractivity contribution is 0.877. The third kappa shape index (κ3) is 2.17. The zero-order chi connectivity index (χ0) is 14.3. The van der Waals surface area contributed by atoms with Crippen molar-refractivity contribution in [2.24, 2.45) is 0 Å². The number of nitrogens with zero attached hydrogens (tertiary/aromatic N) is 3. The van der Waals surface area contributed by atoms with E-state index in [-0.39, 0.29) is 5.38 Å². The Labute approximate surface area is 127 Å². The van der Waals surface area contributed by atoms with Crippen molar-refractivity contribution in [1.82, 2.24) is 14.5 Å². The summed E-state index contributed by atoms with van der Waals surface area (Å²) in [5.74, 6) is 0.743. The van der Waals surface area contributed by atoms with Gasteiger partial charge in [0, 0.05) is 6.20 Å². The first kappa shape index (κ1) is 13.4. The van der Waals surface area contributed by atoms with Crippen LogP contribution >= 0.6 is 23.2 Å². The molecule has 0 amide bonds. The summed E-state index contributed by atoms with van der Waals surface area (Å²) in [7, 11) is 0. The van der Waals surface area contributed by atoms with Gasteiger partial charge in [-0.15, -0.1) is 11.6 Å². The van der Waals surface area contributed by atoms with Gasteiger partial charge in [-0.1, -0.05) is 23.7 Å². The summed E-state index contributed by atoms with van der Waals surface area (Å²) in [6.45, 7) is 3.88. The minimum atomic E-state index is -0.235. The fourth-order valence-electron chi connectivity index (χ4n) is 2.22. The maximum Gasteiger partial charge on any atom is 0.164 e. The fraction of sp³-hybridized carbons (Fsp3) is 0.200. The van der Waals surface area contributed by atoms with Crippen LogP contribution in [0, 0.1) is 6.92 Å². The average molecular weight is 306 g/mol. The van der Waals surface area contributed by atoms with E-state index >= 15 is 0 Å². The van der Waals surface area contributed by atoms with E-state index in [0.29, 0.717) is 5.02 Å². The van der Waals surface area contributed by atoms with Crippen molar-refractivity contribution in [2.75, 3.05) is 0 Å². The quantitative estimate of drug-likeness (QED) is 0.643. The van der Waals surface area contributed by atoms with Crippen molar-refractivity contribution in [1.29, 1.82) is 0 Å². The van der Waals surface area contributed by atoms with E-state index in [2.05, 4.69) is 9.97 Å². The highest BCUT2D eigenvalue weighted by molar-refractivity contribution is 6.32. The molecule has 0 aliphatic heterocycles. The Balaban J connectivity index is 2.38. The molecule has 3 aromatic rings. The molecule has 3 rings (SSSR count). The van der Waals surface area contributed by atoms with Gasteiger partial charge in [0.15, 0.2) is 5.65 Å². The van der Waals surface area contributed by atoms with Crippen molar-refractivity contribution in [3.8, 4) is 5.69 Å². The normalized spacial score (nSPS) is 12.8. The van der Waals surface area contributed by atoms with Crippen LogP contribution in [0.5, 0.6) is 0 Å². The van der Waals surface area contributed by atoms with Gasteiger partial charge >= 0.3 is 0 Å². The third-order valence-corrected chi connectivity index (χ3v) is 3.62. The maximum atomic E-state index is 6.30. The van der Waals surface area contributed by atoms with E-state index in [9.17, 15) is 0 Å². The van der Waals surface area contributed by atoms with E-state index in [4.69, 9.17) is 23.2 Å². The smallest absolute Gasteiger partial charge is 0.164 e. The summed E-state index contributed by atoms with van der Waals surface area (Å²) in [6, 6.07) is 9.61. The minimum Gasteiger partial charge on any atom is -0.278 e. The molecule has 2 heterocycles. The fourth-order valence-corrected chi connectivity index (χ4v) is 2.59. The minimum absolute atomic E-state index is 0.235. The van der Waals surface area contributed by atoms with E-state index in [0.717, 1.165) is 28.2 Å². The Kier molecular flexibility index (Phi) is 3.40. The molecule has 1 aromatic carbocycles. The zero-order valence-corrected chi connectivity index (χ0v) is 12.7. The molecule has 0 spiro atoms. The number of aryl methyl sites for hydroxylation is 1. The monoisotopic (exact) mass is 305 g/mol. The number of benzene rings is 1. The van der Waals surface area contributed by atoms with Gasteiger partial charge < -0.3 is 0 Å². The number of hydrogen-bond acceptors (Lipinski definition) is 2. The second-order valence-electron chi connectivity index (χ2n) is 4.73. The van der Waals surface area contributed by atoms with Crippen LogP contribution in [-0.2, 0) is 0 Å². The van der Waals surface area contributed by atoms with Crippen molar-refractivity contribution in [3.05, 3.63) is 52.9 Å². The Morgan fingerprint density at radius 1 is 1.25 bits per heavy atom. The van der Waals surface area contributed by atoms with Gasteiger partial charge in [0.1, 0.15) is 11.3 Å². The van der Waals surface area contributed by atoms with Crippen molar-refractivity contribution in [2.45, 2.75) is 19.2 Å². The van der Waals surface area contributed by atoms with Crippen LogP contribution in [0.3, 0.4) is 0 Å². The lowest BCUT2D eigenvalue weighted by Gasteiger charge is -2.11. The SMILES string of the molecule is Cc1cnc2c(c1)nc(C(C)Cl)n2-c1ccccc1Cl. The van der Waals surface area contributed by atoms with Crippen molar-refractivity contribution < 1.29 is 0 Å². The largest absolute Gasteiger partial charge is 0.278 e. The van der Waals surface area contributed by atoms with E-state index in [1.54, 1.807) is 0 Å². The molecule has 0 fully saturated rings. The van der Waals surface area contributed by atoms with Gasteiger partial charge in [-0.05, 0) is 37.6 Å². The van der Waals surface area contributed by atoms with Gasteiger partial charge in [0.2, 0.25) is 0 Å². The molecule has 0 radical (unpaired) electrons. The number of imidazole rings is 1. The third-order valence-electron chi connectivity index (χ3n) is 3.11. The Bertz CT molecular complexity index is 778. The summed E-state index contributed by atoms with van der Waals surface area (Å²) in [5, 5.41) is 0.411. The van der Waals surface area contributed by atoms with Crippen molar-refractivity contribution in [3.63, 3.8) is 0 Å². The Morgan fingerprint density at radius 3 is 2.70 bits per heavy atom. The lowest BCUT2D eigenvalue weighted by Crippen LogP contribution is -2.03. The molecular weight excluding hydrogens is 293 g/mol. The van der Waals surface area contributed by atoms with Crippen LogP contribution in [0.4, 0.5) is 0 Å². The number of pyridine rings is 1. The first-order chi connectivity index (χ1) is 9.58. The van der Waals surface area contributed by atoms with Crippen LogP contribution in [0.25, 0.3) is 16.9 Å². The number of hydrogen-bond donors (Lipinski definition) is 0.